The van der Waals surface area contributed by atoms with Crippen molar-refractivity contribution in [2.24, 2.45) is 0 Å². The second-order valence-electron chi connectivity index (χ2n) is 5.05. The number of hydrogen-bond acceptors (Lipinski definition) is 3. The Balaban J connectivity index is 1.84. The highest BCUT2D eigenvalue weighted by atomic mass is 32.1. The summed E-state index contributed by atoms with van der Waals surface area (Å²) in [5.74, 6) is 0. The van der Waals surface area contributed by atoms with Crippen LogP contribution in [0.4, 0.5) is 0 Å². The van der Waals surface area contributed by atoms with Crippen molar-refractivity contribution in [2.75, 3.05) is 13.6 Å². The molecule has 1 fully saturated rings. The van der Waals surface area contributed by atoms with Crippen LogP contribution in [0.15, 0.2) is 6.07 Å². The van der Waals surface area contributed by atoms with Crippen molar-refractivity contribution < 1.29 is 0 Å². The maximum absolute atomic E-state index is 3.67. The Morgan fingerprint density at radius 1 is 1.50 bits per heavy atom. The standard InChI is InChI=1S/C13H22N2S/c1-9-5-13(16-11(9)3)7-14-12-6-10(2)15(4)8-12/h5,10,12,14H,6-8H2,1-4H3. The number of aryl methyl sites for hydroxylation is 2. The minimum absolute atomic E-state index is 0.669. The second kappa shape index (κ2) is 4.86. The van der Waals surface area contributed by atoms with Crippen LogP contribution in [-0.4, -0.2) is 30.6 Å². The van der Waals surface area contributed by atoms with Crippen LogP contribution in [0.3, 0.4) is 0 Å². The lowest BCUT2D eigenvalue weighted by Crippen LogP contribution is -2.30. The zero-order valence-electron chi connectivity index (χ0n) is 10.7. The van der Waals surface area contributed by atoms with Crippen LogP contribution in [0.25, 0.3) is 0 Å². The minimum Gasteiger partial charge on any atom is -0.308 e. The third-order valence-electron chi connectivity index (χ3n) is 3.67. The maximum Gasteiger partial charge on any atom is 0.0303 e. The Morgan fingerprint density at radius 2 is 2.25 bits per heavy atom. The van der Waals surface area contributed by atoms with Crippen molar-refractivity contribution in [1.29, 1.82) is 0 Å². The van der Waals surface area contributed by atoms with Crippen LogP contribution in [0.2, 0.25) is 0 Å². The number of hydrogen-bond donors (Lipinski definition) is 1. The zero-order chi connectivity index (χ0) is 11.7. The molecule has 0 bridgehead atoms. The molecular formula is C13H22N2S. The first-order chi connectivity index (χ1) is 7.56. The third kappa shape index (κ3) is 2.65. The summed E-state index contributed by atoms with van der Waals surface area (Å²) in [5.41, 5.74) is 1.43. The normalized spacial score (nSPS) is 26.5. The summed E-state index contributed by atoms with van der Waals surface area (Å²) >= 11 is 1.92. The Kier molecular flexibility index (Phi) is 3.67. The molecule has 0 radical (unpaired) electrons. The molecule has 0 saturated carbocycles. The molecule has 1 aromatic rings. The van der Waals surface area contributed by atoms with Gasteiger partial charge in [-0.25, -0.2) is 0 Å². The predicted octanol–water partition coefficient (Wildman–Crippen LogP) is 2.55. The third-order valence-corrected chi connectivity index (χ3v) is 4.82. The van der Waals surface area contributed by atoms with Gasteiger partial charge in [0.05, 0.1) is 0 Å². The molecule has 90 valence electrons. The van der Waals surface area contributed by atoms with E-state index in [0.29, 0.717) is 6.04 Å². The van der Waals surface area contributed by atoms with E-state index in [-0.39, 0.29) is 0 Å². The molecule has 1 aromatic heterocycles. The van der Waals surface area contributed by atoms with Gasteiger partial charge in [-0.2, -0.15) is 0 Å². The molecule has 2 heterocycles. The van der Waals surface area contributed by atoms with Crippen molar-refractivity contribution >= 4 is 11.3 Å². The van der Waals surface area contributed by atoms with Gasteiger partial charge in [-0.15, -0.1) is 11.3 Å². The first-order valence-corrected chi connectivity index (χ1v) is 6.87. The number of likely N-dealkylation sites (N-methyl/N-ethyl adjacent to an activating group) is 1. The van der Waals surface area contributed by atoms with Crippen molar-refractivity contribution in [2.45, 2.75) is 45.8 Å². The fourth-order valence-electron chi connectivity index (χ4n) is 2.32. The summed E-state index contributed by atoms with van der Waals surface area (Å²) < 4.78 is 0. The Labute approximate surface area is 103 Å². The summed E-state index contributed by atoms with van der Waals surface area (Å²) in [5, 5.41) is 3.67. The van der Waals surface area contributed by atoms with E-state index >= 15 is 0 Å². The van der Waals surface area contributed by atoms with Crippen LogP contribution in [0, 0.1) is 13.8 Å². The van der Waals surface area contributed by atoms with Gasteiger partial charge >= 0.3 is 0 Å². The Bertz CT molecular complexity index is 329. The predicted molar refractivity (Wildman–Crippen MR) is 71.1 cm³/mol. The molecule has 2 atom stereocenters. The van der Waals surface area contributed by atoms with Gasteiger partial charge in [-0.3, -0.25) is 0 Å². The molecule has 0 amide bonds. The zero-order valence-corrected chi connectivity index (χ0v) is 11.5. The molecule has 1 N–H and O–H groups in total. The molecule has 0 aliphatic carbocycles. The fraction of sp³-hybridized carbons (Fsp3) is 0.692. The maximum atomic E-state index is 3.67. The molecule has 2 rings (SSSR count). The van der Waals surface area contributed by atoms with Crippen molar-refractivity contribution in [3.63, 3.8) is 0 Å². The van der Waals surface area contributed by atoms with Gasteiger partial charge in [0.1, 0.15) is 0 Å². The summed E-state index contributed by atoms with van der Waals surface area (Å²) in [6, 6.07) is 3.71. The lowest BCUT2D eigenvalue weighted by atomic mass is 10.2. The highest BCUT2D eigenvalue weighted by Crippen LogP contribution is 2.21. The van der Waals surface area contributed by atoms with Gasteiger partial charge in [0, 0.05) is 34.9 Å². The van der Waals surface area contributed by atoms with Crippen LogP contribution >= 0.6 is 11.3 Å². The topological polar surface area (TPSA) is 15.3 Å². The Morgan fingerprint density at radius 3 is 2.75 bits per heavy atom. The van der Waals surface area contributed by atoms with Gasteiger partial charge in [0.25, 0.3) is 0 Å². The first-order valence-electron chi connectivity index (χ1n) is 6.06. The summed E-state index contributed by atoms with van der Waals surface area (Å²) in [4.78, 5) is 5.36. The molecule has 1 aliphatic rings. The average Bonchev–Trinajstić information content (AvgIpc) is 2.70. The molecule has 2 nitrogen and oxygen atoms in total. The van der Waals surface area contributed by atoms with E-state index < -0.39 is 0 Å². The summed E-state index contributed by atoms with van der Waals surface area (Å²) in [7, 11) is 2.21. The average molecular weight is 238 g/mol. The van der Waals surface area contributed by atoms with E-state index in [1.165, 1.54) is 28.3 Å². The van der Waals surface area contributed by atoms with E-state index in [1.807, 2.05) is 11.3 Å². The number of rotatable bonds is 3. The largest absolute Gasteiger partial charge is 0.308 e. The van der Waals surface area contributed by atoms with E-state index in [4.69, 9.17) is 0 Å². The number of thiophene rings is 1. The van der Waals surface area contributed by atoms with E-state index in [9.17, 15) is 0 Å². The smallest absolute Gasteiger partial charge is 0.0303 e. The summed E-state index contributed by atoms with van der Waals surface area (Å²) in [6.45, 7) is 8.92. The lowest BCUT2D eigenvalue weighted by molar-refractivity contribution is 0.326. The van der Waals surface area contributed by atoms with Crippen LogP contribution < -0.4 is 5.32 Å². The van der Waals surface area contributed by atoms with Crippen molar-refractivity contribution in [1.82, 2.24) is 10.2 Å². The van der Waals surface area contributed by atoms with Gasteiger partial charge in [0.2, 0.25) is 0 Å². The highest BCUT2D eigenvalue weighted by molar-refractivity contribution is 7.12. The van der Waals surface area contributed by atoms with Gasteiger partial charge in [0.15, 0.2) is 0 Å². The van der Waals surface area contributed by atoms with E-state index in [0.717, 1.165) is 12.6 Å². The quantitative estimate of drug-likeness (QED) is 0.870. The number of nitrogens with zero attached hydrogens (tertiary/aromatic N) is 1. The first kappa shape index (κ1) is 12.1. The monoisotopic (exact) mass is 238 g/mol. The highest BCUT2D eigenvalue weighted by Gasteiger charge is 2.25. The molecule has 1 aliphatic heterocycles. The van der Waals surface area contributed by atoms with E-state index in [2.05, 4.69) is 44.1 Å². The lowest BCUT2D eigenvalue weighted by Gasteiger charge is -2.12. The minimum atomic E-state index is 0.669. The fourth-order valence-corrected chi connectivity index (χ4v) is 3.33. The Hall–Kier alpha value is -0.380. The molecule has 0 spiro atoms. The molecule has 3 heteroatoms. The molecule has 16 heavy (non-hydrogen) atoms. The van der Waals surface area contributed by atoms with Gasteiger partial charge in [-0.05, 0) is 45.9 Å². The SMILES string of the molecule is Cc1cc(CNC2CC(C)N(C)C2)sc1C. The van der Waals surface area contributed by atoms with Crippen LogP contribution in [-0.2, 0) is 6.54 Å². The van der Waals surface area contributed by atoms with Crippen LogP contribution in [0.1, 0.15) is 28.7 Å². The van der Waals surface area contributed by atoms with E-state index in [1.54, 1.807) is 0 Å². The van der Waals surface area contributed by atoms with Crippen molar-refractivity contribution in [3.05, 3.63) is 21.4 Å². The molecular weight excluding hydrogens is 216 g/mol. The van der Waals surface area contributed by atoms with Gasteiger partial charge < -0.3 is 10.2 Å². The number of likely N-dealkylation sites (tertiary alicyclic amines) is 1. The molecule has 0 aromatic carbocycles. The van der Waals surface area contributed by atoms with Gasteiger partial charge in [-0.1, -0.05) is 0 Å². The molecule has 2 unspecified atom stereocenters. The number of nitrogens with one attached hydrogen (secondary N) is 1. The summed E-state index contributed by atoms with van der Waals surface area (Å²) in [6.07, 6.45) is 1.28. The molecule has 1 saturated heterocycles. The van der Waals surface area contributed by atoms with Crippen LogP contribution in [0.5, 0.6) is 0 Å². The second-order valence-corrected chi connectivity index (χ2v) is 6.39. The van der Waals surface area contributed by atoms with Crippen molar-refractivity contribution in [3.8, 4) is 0 Å².